The highest BCUT2D eigenvalue weighted by molar-refractivity contribution is 5.79. The van der Waals surface area contributed by atoms with E-state index in [1.165, 1.54) is 0 Å². The number of rotatable bonds is 3. The minimum Gasteiger partial charge on any atom is -0.375 e. The van der Waals surface area contributed by atoms with Gasteiger partial charge in [0, 0.05) is 37.1 Å². The summed E-state index contributed by atoms with van der Waals surface area (Å²) in [5.41, 5.74) is 1.79. The topological polar surface area (TPSA) is 67.4 Å². The maximum Gasteiger partial charge on any atom is 0.225 e. The van der Waals surface area contributed by atoms with Crippen LogP contribution in [0.5, 0.6) is 0 Å². The second kappa shape index (κ2) is 7.28. The number of nitrogens with one attached hydrogen (secondary N) is 1. The average molecular weight is 346 g/mol. The Hall–Kier alpha value is -1.69. The Balaban J connectivity index is 1.61. The molecule has 1 N–H and O–H groups in total. The van der Waals surface area contributed by atoms with E-state index >= 15 is 0 Å². The first-order chi connectivity index (χ1) is 11.8. The summed E-state index contributed by atoms with van der Waals surface area (Å²) >= 11 is 0. The van der Waals surface area contributed by atoms with Crippen LogP contribution in [0.3, 0.4) is 0 Å². The van der Waals surface area contributed by atoms with Crippen LogP contribution >= 0.6 is 0 Å². The number of nitrogens with zero attached hydrogens (tertiary/aromatic N) is 3. The van der Waals surface area contributed by atoms with Crippen molar-refractivity contribution in [1.29, 1.82) is 0 Å². The van der Waals surface area contributed by atoms with Gasteiger partial charge in [-0.05, 0) is 59.4 Å². The van der Waals surface area contributed by atoms with Gasteiger partial charge in [-0.15, -0.1) is 0 Å². The molecule has 2 atom stereocenters. The van der Waals surface area contributed by atoms with E-state index in [4.69, 9.17) is 4.74 Å². The molecule has 1 aromatic rings. The highest BCUT2D eigenvalue weighted by Crippen LogP contribution is 2.25. The molecule has 6 nitrogen and oxygen atoms in total. The summed E-state index contributed by atoms with van der Waals surface area (Å²) in [7, 11) is 0. The zero-order valence-electron chi connectivity index (χ0n) is 15.8. The number of hydrogen-bond donors (Lipinski definition) is 1. The van der Waals surface area contributed by atoms with Gasteiger partial charge in [0.2, 0.25) is 11.9 Å². The standard InChI is InChI=1S/C19H30N4O2/c1-13-10-14(2)21-18(20-13)23-8-5-6-15(12-23)17(24)22-16-7-9-25-19(3,4)11-16/h10,15-16H,5-9,11-12H2,1-4H3,(H,22,24)/t15-,16+/m0/s1. The monoisotopic (exact) mass is 346 g/mol. The van der Waals surface area contributed by atoms with Crippen molar-refractivity contribution in [2.75, 3.05) is 24.6 Å². The van der Waals surface area contributed by atoms with Gasteiger partial charge < -0.3 is 15.0 Å². The highest BCUT2D eigenvalue weighted by atomic mass is 16.5. The minimum absolute atomic E-state index is 0.00382. The molecule has 0 radical (unpaired) electrons. The predicted molar refractivity (Wildman–Crippen MR) is 97.6 cm³/mol. The van der Waals surface area contributed by atoms with Gasteiger partial charge >= 0.3 is 0 Å². The lowest BCUT2D eigenvalue weighted by molar-refractivity contribution is -0.128. The normalized spacial score (nSPS) is 26.3. The van der Waals surface area contributed by atoms with Gasteiger partial charge in [0.05, 0.1) is 11.5 Å². The van der Waals surface area contributed by atoms with Crippen molar-refractivity contribution in [3.63, 3.8) is 0 Å². The Morgan fingerprint density at radius 1 is 1.28 bits per heavy atom. The third-order valence-electron chi connectivity index (χ3n) is 5.09. The first kappa shape index (κ1) is 18.1. The summed E-state index contributed by atoms with van der Waals surface area (Å²) < 4.78 is 5.74. The molecule has 2 aliphatic heterocycles. The molecule has 0 aliphatic carbocycles. The summed E-state index contributed by atoms with van der Waals surface area (Å²) in [6, 6.07) is 2.19. The Kier molecular flexibility index (Phi) is 5.27. The summed E-state index contributed by atoms with van der Waals surface area (Å²) in [6.07, 6.45) is 3.69. The van der Waals surface area contributed by atoms with E-state index in [0.29, 0.717) is 13.2 Å². The van der Waals surface area contributed by atoms with Crippen LogP contribution in [0.1, 0.15) is 50.9 Å². The molecule has 138 valence electrons. The molecule has 1 amide bonds. The molecule has 3 heterocycles. The fourth-order valence-electron chi connectivity index (χ4n) is 3.90. The molecule has 0 saturated carbocycles. The van der Waals surface area contributed by atoms with E-state index in [9.17, 15) is 4.79 Å². The van der Waals surface area contributed by atoms with Gasteiger partial charge in [-0.1, -0.05) is 0 Å². The molecule has 3 rings (SSSR count). The summed E-state index contributed by atoms with van der Waals surface area (Å²) in [5, 5.41) is 3.25. The van der Waals surface area contributed by atoms with Crippen molar-refractivity contribution >= 4 is 11.9 Å². The van der Waals surface area contributed by atoms with Gasteiger partial charge in [0.25, 0.3) is 0 Å². The second-order valence-corrected chi connectivity index (χ2v) is 8.04. The van der Waals surface area contributed by atoms with Crippen LogP contribution in [0.4, 0.5) is 5.95 Å². The van der Waals surface area contributed by atoms with Gasteiger partial charge in [0.15, 0.2) is 0 Å². The number of amides is 1. The lowest BCUT2D eigenvalue weighted by atomic mass is 9.92. The van der Waals surface area contributed by atoms with E-state index < -0.39 is 0 Å². The Morgan fingerprint density at radius 2 is 2.00 bits per heavy atom. The Morgan fingerprint density at radius 3 is 2.68 bits per heavy atom. The van der Waals surface area contributed by atoms with E-state index in [1.54, 1.807) is 0 Å². The Bertz CT molecular complexity index is 612. The maximum absolute atomic E-state index is 12.8. The summed E-state index contributed by atoms with van der Waals surface area (Å²) in [6.45, 7) is 10.5. The molecule has 0 spiro atoms. The predicted octanol–water partition coefficient (Wildman–Crippen LogP) is 2.38. The first-order valence-corrected chi connectivity index (χ1v) is 9.34. The van der Waals surface area contributed by atoms with Crippen LogP contribution in [0.2, 0.25) is 0 Å². The molecular formula is C19H30N4O2. The number of ether oxygens (including phenoxy) is 1. The lowest BCUT2D eigenvalue weighted by Crippen LogP contribution is -2.50. The third kappa shape index (κ3) is 4.69. The summed E-state index contributed by atoms with van der Waals surface area (Å²) in [5.74, 6) is 0.920. The van der Waals surface area contributed by atoms with Gasteiger partial charge in [-0.25, -0.2) is 9.97 Å². The number of piperidine rings is 1. The molecule has 6 heteroatoms. The highest BCUT2D eigenvalue weighted by Gasteiger charge is 2.33. The van der Waals surface area contributed by atoms with Crippen molar-refractivity contribution in [2.45, 2.75) is 65.0 Å². The molecule has 0 bridgehead atoms. The quantitative estimate of drug-likeness (QED) is 0.910. The zero-order valence-corrected chi connectivity index (χ0v) is 15.8. The van der Waals surface area contributed by atoms with Gasteiger partial charge in [0.1, 0.15) is 0 Å². The number of anilines is 1. The fourth-order valence-corrected chi connectivity index (χ4v) is 3.90. The molecule has 25 heavy (non-hydrogen) atoms. The van der Waals surface area contributed by atoms with Gasteiger partial charge in [-0.3, -0.25) is 4.79 Å². The van der Waals surface area contributed by atoms with E-state index in [-0.39, 0.29) is 23.5 Å². The van der Waals surface area contributed by atoms with Crippen LogP contribution in [0.25, 0.3) is 0 Å². The molecule has 2 fully saturated rings. The summed E-state index contributed by atoms with van der Waals surface area (Å²) in [4.78, 5) is 24.0. The van der Waals surface area contributed by atoms with Crippen LogP contribution in [-0.4, -0.2) is 47.2 Å². The van der Waals surface area contributed by atoms with Crippen molar-refractivity contribution < 1.29 is 9.53 Å². The van der Waals surface area contributed by atoms with Crippen LogP contribution in [-0.2, 0) is 9.53 Å². The second-order valence-electron chi connectivity index (χ2n) is 8.04. The SMILES string of the molecule is Cc1cc(C)nc(N2CCC[C@H](C(=O)N[C@@H]3CCOC(C)(C)C3)C2)n1. The van der Waals surface area contributed by atoms with Crippen molar-refractivity contribution in [3.05, 3.63) is 17.5 Å². The minimum atomic E-state index is -0.151. The maximum atomic E-state index is 12.8. The van der Waals surface area contributed by atoms with Gasteiger partial charge in [-0.2, -0.15) is 0 Å². The number of hydrogen-bond acceptors (Lipinski definition) is 5. The van der Waals surface area contributed by atoms with Crippen LogP contribution < -0.4 is 10.2 Å². The van der Waals surface area contributed by atoms with Crippen molar-refractivity contribution in [2.24, 2.45) is 5.92 Å². The molecule has 2 aliphatic rings. The Labute approximate surface area is 150 Å². The number of carbonyl (C=O) groups is 1. The van der Waals surface area contributed by atoms with E-state index in [1.807, 2.05) is 19.9 Å². The first-order valence-electron chi connectivity index (χ1n) is 9.34. The van der Waals surface area contributed by atoms with E-state index in [0.717, 1.165) is 49.6 Å². The van der Waals surface area contributed by atoms with Crippen LogP contribution in [0, 0.1) is 19.8 Å². The largest absolute Gasteiger partial charge is 0.375 e. The number of aromatic nitrogens is 2. The zero-order chi connectivity index (χ0) is 18.0. The molecule has 0 aromatic carbocycles. The molecule has 0 unspecified atom stereocenters. The number of carbonyl (C=O) groups excluding carboxylic acids is 1. The van der Waals surface area contributed by atoms with Crippen molar-refractivity contribution in [3.8, 4) is 0 Å². The van der Waals surface area contributed by atoms with E-state index in [2.05, 4.69) is 34.0 Å². The average Bonchev–Trinajstić information content (AvgIpc) is 2.53. The van der Waals surface area contributed by atoms with Crippen LogP contribution in [0.15, 0.2) is 6.07 Å². The fraction of sp³-hybridized carbons (Fsp3) is 0.737. The molecule has 1 aromatic heterocycles. The third-order valence-corrected chi connectivity index (χ3v) is 5.09. The van der Waals surface area contributed by atoms with Crippen molar-refractivity contribution in [1.82, 2.24) is 15.3 Å². The number of aryl methyl sites for hydroxylation is 2. The molecule has 2 saturated heterocycles. The lowest BCUT2D eigenvalue weighted by Gasteiger charge is -2.37. The smallest absolute Gasteiger partial charge is 0.225 e. The molecular weight excluding hydrogens is 316 g/mol.